The number of carbonyl (C=O) groups is 1. The van der Waals surface area contributed by atoms with Gasteiger partial charge in [0.1, 0.15) is 6.54 Å². The van der Waals surface area contributed by atoms with Crippen molar-refractivity contribution in [3.8, 4) is 0 Å². The van der Waals surface area contributed by atoms with Gasteiger partial charge in [0.15, 0.2) is 0 Å². The topological polar surface area (TPSA) is 59.0 Å². The van der Waals surface area contributed by atoms with Crippen LogP contribution in [-0.2, 0) is 11.3 Å². The zero-order chi connectivity index (χ0) is 14.7. The standard InChI is InChI=1S/C16H26N4O/c1-12-2-4-13(5-3-12)8-17-15-9-18-20(10-15)11-16(21)19-14-6-7-14/h9-10,12-14,17H,2-8,11H2,1H3,(H,19,21). The van der Waals surface area contributed by atoms with Crippen LogP contribution in [0.1, 0.15) is 45.4 Å². The number of aromatic nitrogens is 2. The minimum Gasteiger partial charge on any atom is -0.382 e. The molecule has 1 amide bonds. The first kappa shape index (κ1) is 14.4. The summed E-state index contributed by atoms with van der Waals surface area (Å²) in [5, 5.41) is 10.7. The second kappa shape index (κ2) is 6.50. The lowest BCUT2D eigenvalue weighted by Gasteiger charge is -2.26. The summed E-state index contributed by atoms with van der Waals surface area (Å²) in [5.74, 6) is 1.74. The molecule has 5 heteroatoms. The van der Waals surface area contributed by atoms with E-state index in [2.05, 4.69) is 22.7 Å². The van der Waals surface area contributed by atoms with Crippen molar-refractivity contribution in [3.63, 3.8) is 0 Å². The van der Waals surface area contributed by atoms with E-state index in [1.54, 1.807) is 4.68 Å². The van der Waals surface area contributed by atoms with E-state index in [9.17, 15) is 4.79 Å². The third-order valence-corrected chi connectivity index (χ3v) is 4.61. The van der Waals surface area contributed by atoms with E-state index in [1.165, 1.54) is 25.7 Å². The SMILES string of the molecule is CC1CCC(CNc2cnn(CC(=O)NC3CC3)c2)CC1. The van der Waals surface area contributed by atoms with Crippen LogP contribution in [0.5, 0.6) is 0 Å². The summed E-state index contributed by atoms with van der Waals surface area (Å²) in [4.78, 5) is 11.7. The molecule has 1 aromatic heterocycles. The molecule has 0 radical (unpaired) electrons. The quantitative estimate of drug-likeness (QED) is 0.846. The molecule has 21 heavy (non-hydrogen) atoms. The molecular weight excluding hydrogens is 264 g/mol. The summed E-state index contributed by atoms with van der Waals surface area (Å²) in [6, 6.07) is 0.416. The maximum absolute atomic E-state index is 11.7. The normalized spacial score (nSPS) is 25.6. The summed E-state index contributed by atoms with van der Waals surface area (Å²) in [7, 11) is 0. The van der Waals surface area contributed by atoms with E-state index in [-0.39, 0.29) is 5.91 Å². The molecule has 0 unspecified atom stereocenters. The van der Waals surface area contributed by atoms with Crippen molar-refractivity contribution < 1.29 is 4.79 Å². The Morgan fingerprint density at radius 3 is 2.76 bits per heavy atom. The van der Waals surface area contributed by atoms with Crippen LogP contribution in [0.25, 0.3) is 0 Å². The molecule has 2 N–H and O–H groups in total. The number of anilines is 1. The highest BCUT2D eigenvalue weighted by atomic mass is 16.2. The highest BCUT2D eigenvalue weighted by molar-refractivity contribution is 5.76. The molecule has 116 valence electrons. The van der Waals surface area contributed by atoms with Gasteiger partial charge in [0.05, 0.1) is 11.9 Å². The molecule has 3 rings (SSSR count). The molecule has 2 saturated carbocycles. The molecule has 1 heterocycles. The number of hydrogen-bond acceptors (Lipinski definition) is 3. The number of hydrogen-bond donors (Lipinski definition) is 2. The highest BCUT2D eigenvalue weighted by Gasteiger charge is 2.23. The Morgan fingerprint density at radius 2 is 2.05 bits per heavy atom. The summed E-state index contributed by atoms with van der Waals surface area (Å²) in [5.41, 5.74) is 1.02. The highest BCUT2D eigenvalue weighted by Crippen LogP contribution is 2.28. The predicted octanol–water partition coefficient (Wildman–Crippen LogP) is 2.40. The van der Waals surface area contributed by atoms with E-state index in [0.29, 0.717) is 12.6 Å². The van der Waals surface area contributed by atoms with Gasteiger partial charge in [-0.15, -0.1) is 0 Å². The Morgan fingerprint density at radius 1 is 1.29 bits per heavy atom. The Bertz CT molecular complexity index is 472. The molecule has 0 aliphatic heterocycles. The van der Waals surface area contributed by atoms with E-state index < -0.39 is 0 Å². The molecule has 0 spiro atoms. The van der Waals surface area contributed by atoms with Gasteiger partial charge in [-0.2, -0.15) is 5.10 Å². The number of amides is 1. The lowest BCUT2D eigenvalue weighted by Crippen LogP contribution is -2.29. The zero-order valence-corrected chi connectivity index (χ0v) is 12.8. The summed E-state index contributed by atoms with van der Waals surface area (Å²) < 4.78 is 1.71. The molecule has 2 aliphatic carbocycles. The van der Waals surface area contributed by atoms with Gasteiger partial charge in [-0.25, -0.2) is 0 Å². The van der Waals surface area contributed by atoms with Crippen LogP contribution in [0.2, 0.25) is 0 Å². The van der Waals surface area contributed by atoms with E-state index in [1.807, 2.05) is 12.4 Å². The Labute approximate surface area is 126 Å². The number of rotatable bonds is 6. The molecule has 2 fully saturated rings. The molecule has 0 atom stereocenters. The van der Waals surface area contributed by atoms with Gasteiger partial charge < -0.3 is 10.6 Å². The summed E-state index contributed by atoms with van der Waals surface area (Å²) >= 11 is 0. The van der Waals surface area contributed by atoms with Gasteiger partial charge in [-0.3, -0.25) is 9.48 Å². The van der Waals surface area contributed by atoms with Crippen molar-refractivity contribution in [2.75, 3.05) is 11.9 Å². The van der Waals surface area contributed by atoms with E-state index in [0.717, 1.165) is 36.9 Å². The average molecular weight is 290 g/mol. The fourth-order valence-corrected chi connectivity index (χ4v) is 2.98. The maximum atomic E-state index is 11.7. The molecule has 1 aromatic rings. The molecule has 5 nitrogen and oxygen atoms in total. The fraction of sp³-hybridized carbons (Fsp3) is 0.750. The van der Waals surface area contributed by atoms with Crippen molar-refractivity contribution in [2.45, 2.75) is 58.0 Å². The Balaban J connectivity index is 1.40. The van der Waals surface area contributed by atoms with Gasteiger partial charge in [0.2, 0.25) is 5.91 Å². The predicted molar refractivity (Wildman–Crippen MR) is 83.0 cm³/mol. The average Bonchev–Trinajstić information content (AvgIpc) is 3.16. The van der Waals surface area contributed by atoms with Gasteiger partial charge in [0, 0.05) is 18.8 Å². The van der Waals surface area contributed by atoms with Crippen molar-refractivity contribution in [3.05, 3.63) is 12.4 Å². The van der Waals surface area contributed by atoms with Gasteiger partial charge >= 0.3 is 0 Å². The number of nitrogens with one attached hydrogen (secondary N) is 2. The van der Waals surface area contributed by atoms with Crippen LogP contribution in [0.15, 0.2) is 12.4 Å². The summed E-state index contributed by atoms with van der Waals surface area (Å²) in [6.07, 6.45) is 11.3. The van der Waals surface area contributed by atoms with Crippen LogP contribution in [0.4, 0.5) is 5.69 Å². The largest absolute Gasteiger partial charge is 0.382 e. The monoisotopic (exact) mass is 290 g/mol. The van der Waals surface area contributed by atoms with Crippen LogP contribution in [0.3, 0.4) is 0 Å². The zero-order valence-electron chi connectivity index (χ0n) is 12.8. The fourth-order valence-electron chi connectivity index (χ4n) is 2.98. The molecule has 0 aromatic carbocycles. The molecule has 0 bridgehead atoms. The van der Waals surface area contributed by atoms with Crippen LogP contribution < -0.4 is 10.6 Å². The lowest BCUT2D eigenvalue weighted by molar-refractivity contribution is -0.122. The second-order valence-corrected chi connectivity index (χ2v) is 6.78. The van der Waals surface area contributed by atoms with Crippen LogP contribution in [-0.4, -0.2) is 28.3 Å². The third-order valence-electron chi connectivity index (χ3n) is 4.61. The van der Waals surface area contributed by atoms with Crippen LogP contribution in [0, 0.1) is 11.8 Å². The molecule has 2 aliphatic rings. The third kappa shape index (κ3) is 4.48. The minimum absolute atomic E-state index is 0.0634. The Kier molecular flexibility index (Phi) is 4.46. The first-order chi connectivity index (χ1) is 10.2. The summed E-state index contributed by atoms with van der Waals surface area (Å²) in [6.45, 7) is 3.69. The van der Waals surface area contributed by atoms with E-state index in [4.69, 9.17) is 0 Å². The first-order valence-corrected chi connectivity index (χ1v) is 8.24. The maximum Gasteiger partial charge on any atom is 0.241 e. The van der Waals surface area contributed by atoms with Crippen LogP contribution >= 0.6 is 0 Å². The van der Waals surface area contributed by atoms with Gasteiger partial charge in [-0.05, 0) is 37.5 Å². The van der Waals surface area contributed by atoms with Crippen molar-refractivity contribution in [1.29, 1.82) is 0 Å². The van der Waals surface area contributed by atoms with Gasteiger partial charge in [-0.1, -0.05) is 19.8 Å². The smallest absolute Gasteiger partial charge is 0.241 e. The lowest BCUT2D eigenvalue weighted by atomic mass is 9.83. The first-order valence-electron chi connectivity index (χ1n) is 8.24. The molecular formula is C16H26N4O. The molecule has 0 saturated heterocycles. The van der Waals surface area contributed by atoms with E-state index >= 15 is 0 Å². The Hall–Kier alpha value is -1.52. The van der Waals surface area contributed by atoms with Crippen molar-refractivity contribution in [2.24, 2.45) is 11.8 Å². The minimum atomic E-state index is 0.0634. The van der Waals surface area contributed by atoms with Gasteiger partial charge in [0.25, 0.3) is 0 Å². The second-order valence-electron chi connectivity index (χ2n) is 6.78. The van der Waals surface area contributed by atoms with Crippen molar-refractivity contribution >= 4 is 11.6 Å². The van der Waals surface area contributed by atoms with Crippen molar-refractivity contribution in [1.82, 2.24) is 15.1 Å². The number of nitrogens with zero attached hydrogens (tertiary/aromatic N) is 2. The number of carbonyl (C=O) groups excluding carboxylic acids is 1.